The predicted octanol–water partition coefficient (Wildman–Crippen LogP) is 4.47. The molecule has 106 valence electrons. The molecule has 0 spiro atoms. The minimum atomic E-state index is -3.72. The molecule has 0 aliphatic carbocycles. The van der Waals surface area contributed by atoms with E-state index in [9.17, 15) is 8.42 Å². The van der Waals surface area contributed by atoms with E-state index >= 15 is 0 Å². The molecule has 2 aromatic carbocycles. The molecule has 0 fully saturated rings. The number of nitrogens with zero attached hydrogens (tertiary/aromatic N) is 1. The Kier molecular flexibility index (Phi) is 4.49. The highest BCUT2D eigenvalue weighted by Gasteiger charge is 2.23. The first kappa shape index (κ1) is 15.4. The van der Waals surface area contributed by atoms with Gasteiger partial charge in [0.25, 0.3) is 10.0 Å². The summed E-state index contributed by atoms with van der Waals surface area (Å²) < 4.78 is 26.1. The van der Waals surface area contributed by atoms with E-state index in [0.717, 1.165) is 4.31 Å². The Balaban J connectivity index is 2.49. The van der Waals surface area contributed by atoms with E-state index in [2.05, 4.69) is 0 Å². The molecule has 0 saturated heterocycles. The molecule has 0 atom stereocenters. The average Bonchev–Trinajstić information content (AvgIpc) is 2.41. The highest BCUT2D eigenvalue weighted by atomic mass is 35.5. The van der Waals surface area contributed by atoms with Gasteiger partial charge in [-0.2, -0.15) is 0 Å². The zero-order chi connectivity index (χ0) is 14.9. The van der Waals surface area contributed by atoms with Gasteiger partial charge in [-0.1, -0.05) is 40.9 Å². The highest BCUT2D eigenvalue weighted by Crippen LogP contribution is 2.34. The van der Waals surface area contributed by atoms with Crippen LogP contribution >= 0.6 is 34.8 Å². The molecule has 0 aliphatic heterocycles. The monoisotopic (exact) mass is 349 g/mol. The average molecular weight is 351 g/mol. The number of halogens is 3. The molecule has 20 heavy (non-hydrogen) atoms. The van der Waals surface area contributed by atoms with Gasteiger partial charge in [-0.25, -0.2) is 8.42 Å². The number of sulfonamides is 1. The predicted molar refractivity (Wildman–Crippen MR) is 83.5 cm³/mol. The number of hydrogen-bond acceptors (Lipinski definition) is 2. The van der Waals surface area contributed by atoms with Crippen LogP contribution in [0.15, 0.2) is 47.4 Å². The number of anilines is 1. The second kappa shape index (κ2) is 5.82. The molecule has 0 radical (unpaired) electrons. The first-order valence-electron chi connectivity index (χ1n) is 5.52. The molecule has 0 aliphatic rings. The van der Waals surface area contributed by atoms with Gasteiger partial charge in [0.1, 0.15) is 0 Å². The summed E-state index contributed by atoms with van der Waals surface area (Å²) in [6.07, 6.45) is 0. The summed E-state index contributed by atoms with van der Waals surface area (Å²) in [5, 5.41) is 0.948. The molecule has 0 N–H and O–H groups in total. The molecule has 0 amide bonds. The van der Waals surface area contributed by atoms with Crippen molar-refractivity contribution in [1.82, 2.24) is 0 Å². The number of hydrogen-bond donors (Lipinski definition) is 0. The normalized spacial score (nSPS) is 11.4. The second-order valence-electron chi connectivity index (χ2n) is 4.00. The molecular formula is C13H10Cl3NO2S. The summed E-state index contributed by atoms with van der Waals surface area (Å²) in [6, 6.07) is 10.7. The van der Waals surface area contributed by atoms with Crippen molar-refractivity contribution in [2.75, 3.05) is 11.4 Å². The molecular weight excluding hydrogens is 341 g/mol. The van der Waals surface area contributed by atoms with Gasteiger partial charge >= 0.3 is 0 Å². The third-order valence-corrected chi connectivity index (χ3v) is 5.59. The van der Waals surface area contributed by atoms with Crippen LogP contribution in [0.25, 0.3) is 0 Å². The van der Waals surface area contributed by atoms with Gasteiger partial charge in [-0.05, 0) is 36.4 Å². The Hall–Kier alpha value is -0.940. The van der Waals surface area contributed by atoms with Crippen molar-refractivity contribution in [3.05, 3.63) is 57.5 Å². The van der Waals surface area contributed by atoms with Crippen molar-refractivity contribution in [3.8, 4) is 0 Å². The lowest BCUT2D eigenvalue weighted by Crippen LogP contribution is -2.26. The topological polar surface area (TPSA) is 37.4 Å². The zero-order valence-electron chi connectivity index (χ0n) is 10.3. The van der Waals surface area contributed by atoms with E-state index in [1.807, 2.05) is 0 Å². The SMILES string of the molecule is CN(c1cccc(Cl)c1Cl)S(=O)(=O)c1ccc(Cl)cc1. The van der Waals surface area contributed by atoms with Crippen LogP contribution in [0.4, 0.5) is 5.69 Å². The molecule has 2 aromatic rings. The lowest BCUT2D eigenvalue weighted by molar-refractivity contribution is 0.594. The van der Waals surface area contributed by atoms with Crippen molar-refractivity contribution < 1.29 is 8.42 Å². The maximum absolute atomic E-state index is 12.5. The summed E-state index contributed by atoms with van der Waals surface area (Å²) in [6.45, 7) is 0. The van der Waals surface area contributed by atoms with E-state index in [4.69, 9.17) is 34.8 Å². The Morgan fingerprint density at radius 1 is 0.950 bits per heavy atom. The van der Waals surface area contributed by atoms with Crippen molar-refractivity contribution in [1.29, 1.82) is 0 Å². The Bertz CT molecular complexity index is 730. The van der Waals surface area contributed by atoms with Crippen molar-refractivity contribution in [2.45, 2.75) is 4.90 Å². The smallest absolute Gasteiger partial charge is 0.264 e. The first-order valence-corrected chi connectivity index (χ1v) is 8.10. The molecule has 3 nitrogen and oxygen atoms in total. The quantitative estimate of drug-likeness (QED) is 0.819. The van der Waals surface area contributed by atoms with Gasteiger partial charge in [-0.3, -0.25) is 4.31 Å². The Morgan fingerprint density at radius 2 is 1.55 bits per heavy atom. The van der Waals surface area contributed by atoms with Gasteiger partial charge in [0.2, 0.25) is 0 Å². The standard InChI is InChI=1S/C13H10Cl3NO2S/c1-17(12-4-2-3-11(15)13(12)16)20(18,19)10-7-5-9(14)6-8-10/h2-8H,1H3. The van der Waals surface area contributed by atoms with E-state index in [-0.39, 0.29) is 9.92 Å². The van der Waals surface area contributed by atoms with Crippen LogP contribution in [-0.4, -0.2) is 15.5 Å². The lowest BCUT2D eigenvalue weighted by atomic mass is 10.3. The minimum Gasteiger partial charge on any atom is -0.268 e. The van der Waals surface area contributed by atoms with Crippen molar-refractivity contribution in [3.63, 3.8) is 0 Å². The van der Waals surface area contributed by atoms with E-state index in [1.165, 1.54) is 31.3 Å². The summed E-state index contributed by atoms with van der Waals surface area (Å²) in [5.74, 6) is 0. The Morgan fingerprint density at radius 3 is 2.15 bits per heavy atom. The van der Waals surface area contributed by atoms with Crippen molar-refractivity contribution >= 4 is 50.5 Å². The molecule has 2 rings (SSSR count). The highest BCUT2D eigenvalue weighted by molar-refractivity contribution is 7.92. The molecule has 0 bridgehead atoms. The summed E-state index contributed by atoms with van der Waals surface area (Å²) in [5.41, 5.74) is 0.314. The minimum absolute atomic E-state index is 0.125. The lowest BCUT2D eigenvalue weighted by Gasteiger charge is -2.21. The van der Waals surface area contributed by atoms with Crippen LogP contribution in [0.5, 0.6) is 0 Å². The third-order valence-electron chi connectivity index (χ3n) is 2.74. The third kappa shape index (κ3) is 2.88. The fourth-order valence-corrected chi connectivity index (χ4v) is 3.44. The van der Waals surface area contributed by atoms with Crippen LogP contribution in [0, 0.1) is 0 Å². The largest absolute Gasteiger partial charge is 0.268 e. The molecule has 7 heteroatoms. The maximum atomic E-state index is 12.5. The second-order valence-corrected chi connectivity index (χ2v) is 7.19. The van der Waals surface area contributed by atoms with Crippen LogP contribution < -0.4 is 4.31 Å². The van der Waals surface area contributed by atoms with Crippen molar-refractivity contribution in [2.24, 2.45) is 0 Å². The maximum Gasteiger partial charge on any atom is 0.264 e. The van der Waals surface area contributed by atoms with Gasteiger partial charge in [0.05, 0.1) is 20.6 Å². The molecule has 0 saturated carbocycles. The zero-order valence-corrected chi connectivity index (χ0v) is 13.4. The number of benzene rings is 2. The van der Waals surface area contributed by atoms with Gasteiger partial charge in [-0.15, -0.1) is 0 Å². The van der Waals surface area contributed by atoms with E-state index in [1.54, 1.807) is 18.2 Å². The molecule has 0 unspecified atom stereocenters. The van der Waals surface area contributed by atoms with Crippen LogP contribution in [0.2, 0.25) is 15.1 Å². The van der Waals surface area contributed by atoms with E-state index in [0.29, 0.717) is 15.7 Å². The summed E-state index contributed by atoms with van der Waals surface area (Å²) >= 11 is 17.7. The summed E-state index contributed by atoms with van der Waals surface area (Å²) in [7, 11) is -2.30. The fourth-order valence-electron chi connectivity index (χ4n) is 1.63. The Labute approximate surface area is 132 Å². The molecule has 0 aromatic heterocycles. The van der Waals surface area contributed by atoms with Crippen LogP contribution in [0.3, 0.4) is 0 Å². The number of rotatable bonds is 3. The summed E-state index contributed by atoms with van der Waals surface area (Å²) in [4.78, 5) is 0.125. The van der Waals surface area contributed by atoms with E-state index < -0.39 is 10.0 Å². The molecule has 0 heterocycles. The van der Waals surface area contributed by atoms with Crippen LogP contribution in [-0.2, 0) is 10.0 Å². The van der Waals surface area contributed by atoms with Gasteiger partial charge < -0.3 is 0 Å². The van der Waals surface area contributed by atoms with Gasteiger partial charge in [0.15, 0.2) is 0 Å². The first-order chi connectivity index (χ1) is 9.34. The fraction of sp³-hybridized carbons (Fsp3) is 0.0769. The van der Waals surface area contributed by atoms with Crippen LogP contribution in [0.1, 0.15) is 0 Å². The van der Waals surface area contributed by atoms with Gasteiger partial charge in [0, 0.05) is 12.1 Å².